The monoisotopic (exact) mass is 416 g/mol. The molecule has 0 radical (unpaired) electrons. The van der Waals surface area contributed by atoms with E-state index in [0.717, 1.165) is 36.3 Å². The number of unbranched alkanes of at least 4 members (excludes halogenated alkanes) is 1. The van der Waals surface area contributed by atoms with Crippen molar-refractivity contribution in [2.24, 2.45) is 0 Å². The number of carbonyl (C=O) groups excluding carboxylic acids is 1. The van der Waals surface area contributed by atoms with Gasteiger partial charge in [0.25, 0.3) is 5.91 Å². The van der Waals surface area contributed by atoms with E-state index in [2.05, 4.69) is 24.8 Å². The number of rotatable bonds is 9. The normalized spacial score (nSPS) is 11.1. The number of imidazole rings is 1. The molecule has 0 aliphatic rings. The van der Waals surface area contributed by atoms with Crippen molar-refractivity contribution < 1.29 is 9.53 Å². The molecular weight excluding hydrogens is 392 g/mol. The molecule has 0 fully saturated rings. The number of fused-ring (bicyclic) bond motifs is 1. The Hall–Kier alpha value is -2.71. The number of halogens is 1. The van der Waals surface area contributed by atoms with E-state index >= 15 is 0 Å². The molecule has 29 heavy (non-hydrogen) atoms. The van der Waals surface area contributed by atoms with Crippen LogP contribution < -0.4 is 11.1 Å². The van der Waals surface area contributed by atoms with Crippen LogP contribution in [0.1, 0.15) is 41.5 Å². The summed E-state index contributed by atoms with van der Waals surface area (Å²) in [5.74, 6) is 1.10. The number of nitrogens with one attached hydrogen (secondary N) is 1. The van der Waals surface area contributed by atoms with Crippen LogP contribution >= 0.6 is 11.6 Å². The van der Waals surface area contributed by atoms with Crippen molar-refractivity contribution in [3.8, 4) is 0 Å². The lowest BCUT2D eigenvalue weighted by Crippen LogP contribution is -2.24. The number of amides is 1. The number of nitrogens with two attached hydrogens (primary N) is 1. The Labute approximate surface area is 174 Å². The summed E-state index contributed by atoms with van der Waals surface area (Å²) in [6.07, 6.45) is 4.92. The molecule has 3 aromatic rings. The van der Waals surface area contributed by atoms with Crippen LogP contribution in [-0.4, -0.2) is 38.6 Å². The SMILES string of the molecule is CCOCc1nc2c(N)ncc(C)c2n1CCCCNC(=O)c1ccc(Cl)nc1. The molecule has 0 bridgehead atoms. The van der Waals surface area contributed by atoms with Crippen molar-refractivity contribution >= 4 is 34.4 Å². The Morgan fingerprint density at radius 1 is 1.28 bits per heavy atom. The van der Waals surface area contributed by atoms with Crippen LogP contribution in [0.3, 0.4) is 0 Å². The molecule has 0 atom stereocenters. The summed E-state index contributed by atoms with van der Waals surface area (Å²) in [4.78, 5) is 24.9. The van der Waals surface area contributed by atoms with Gasteiger partial charge in [-0.2, -0.15) is 0 Å². The molecule has 3 N–H and O–H groups in total. The fourth-order valence-corrected chi connectivity index (χ4v) is 3.23. The number of aromatic nitrogens is 4. The van der Waals surface area contributed by atoms with E-state index in [9.17, 15) is 4.79 Å². The molecule has 0 saturated carbocycles. The first-order chi connectivity index (χ1) is 14.0. The van der Waals surface area contributed by atoms with E-state index in [4.69, 9.17) is 22.1 Å². The molecule has 0 aliphatic heterocycles. The highest BCUT2D eigenvalue weighted by molar-refractivity contribution is 6.29. The lowest BCUT2D eigenvalue weighted by atomic mass is 10.2. The number of nitrogen functional groups attached to an aromatic ring is 1. The van der Waals surface area contributed by atoms with Crippen LogP contribution in [-0.2, 0) is 17.9 Å². The van der Waals surface area contributed by atoms with Crippen LogP contribution in [0.4, 0.5) is 5.82 Å². The van der Waals surface area contributed by atoms with Crippen LogP contribution in [0.15, 0.2) is 24.5 Å². The third-order valence-corrected chi connectivity index (χ3v) is 4.80. The number of nitrogens with zero attached hydrogens (tertiary/aromatic N) is 4. The van der Waals surface area contributed by atoms with Crippen LogP contribution in [0, 0.1) is 6.92 Å². The third-order valence-electron chi connectivity index (χ3n) is 4.58. The number of carbonyl (C=O) groups is 1. The summed E-state index contributed by atoms with van der Waals surface area (Å²) in [6.45, 7) is 6.30. The smallest absolute Gasteiger partial charge is 0.252 e. The van der Waals surface area contributed by atoms with Crippen molar-refractivity contribution in [3.05, 3.63) is 46.6 Å². The fourth-order valence-electron chi connectivity index (χ4n) is 3.12. The third kappa shape index (κ3) is 5.02. The van der Waals surface area contributed by atoms with Crippen LogP contribution in [0.5, 0.6) is 0 Å². The Bertz CT molecular complexity index is 987. The number of hydrogen-bond acceptors (Lipinski definition) is 6. The summed E-state index contributed by atoms with van der Waals surface area (Å²) in [5, 5.41) is 3.27. The van der Waals surface area contributed by atoms with E-state index < -0.39 is 0 Å². The molecule has 8 nitrogen and oxygen atoms in total. The molecule has 154 valence electrons. The lowest BCUT2D eigenvalue weighted by molar-refractivity contribution is 0.0952. The predicted octanol–water partition coefficient (Wildman–Crippen LogP) is 3.12. The molecule has 0 unspecified atom stereocenters. The number of hydrogen-bond donors (Lipinski definition) is 2. The fraction of sp³-hybridized carbons (Fsp3) is 0.400. The minimum absolute atomic E-state index is 0.158. The zero-order valence-corrected chi connectivity index (χ0v) is 17.4. The lowest BCUT2D eigenvalue weighted by Gasteiger charge is -2.11. The first-order valence-corrected chi connectivity index (χ1v) is 9.96. The van der Waals surface area contributed by atoms with E-state index in [-0.39, 0.29) is 5.91 Å². The van der Waals surface area contributed by atoms with E-state index in [1.807, 2.05) is 13.8 Å². The molecule has 0 spiro atoms. The highest BCUT2D eigenvalue weighted by Crippen LogP contribution is 2.24. The van der Waals surface area contributed by atoms with Crippen molar-refractivity contribution in [3.63, 3.8) is 0 Å². The molecule has 1 amide bonds. The van der Waals surface area contributed by atoms with Gasteiger partial charge in [-0.25, -0.2) is 15.0 Å². The van der Waals surface area contributed by atoms with Gasteiger partial charge >= 0.3 is 0 Å². The Kier molecular flexibility index (Phi) is 7.00. The molecule has 3 rings (SSSR count). The summed E-state index contributed by atoms with van der Waals surface area (Å²) in [5.41, 5.74) is 9.24. The number of anilines is 1. The largest absolute Gasteiger partial charge is 0.382 e. The van der Waals surface area contributed by atoms with Crippen molar-refractivity contribution in [1.29, 1.82) is 0 Å². The molecule has 3 heterocycles. The Morgan fingerprint density at radius 2 is 2.10 bits per heavy atom. The molecule has 0 aromatic carbocycles. The minimum atomic E-state index is -0.158. The van der Waals surface area contributed by atoms with Crippen LogP contribution in [0.2, 0.25) is 5.15 Å². The van der Waals surface area contributed by atoms with E-state index in [1.54, 1.807) is 18.3 Å². The highest BCUT2D eigenvalue weighted by atomic mass is 35.5. The van der Waals surface area contributed by atoms with Gasteiger partial charge in [-0.3, -0.25) is 4.79 Å². The van der Waals surface area contributed by atoms with E-state index in [1.165, 1.54) is 6.20 Å². The van der Waals surface area contributed by atoms with Gasteiger partial charge in [-0.05, 0) is 44.4 Å². The van der Waals surface area contributed by atoms with Gasteiger partial charge in [0.1, 0.15) is 23.1 Å². The Balaban J connectivity index is 1.61. The topological polar surface area (TPSA) is 108 Å². The first-order valence-electron chi connectivity index (χ1n) is 9.59. The van der Waals surface area contributed by atoms with Crippen molar-refractivity contribution in [2.45, 2.75) is 39.8 Å². The summed E-state index contributed by atoms with van der Waals surface area (Å²) in [6, 6.07) is 3.26. The minimum Gasteiger partial charge on any atom is -0.382 e. The second-order valence-corrected chi connectivity index (χ2v) is 7.06. The first kappa shape index (κ1) is 21.0. The quantitative estimate of drug-likeness (QED) is 0.410. The van der Waals surface area contributed by atoms with Gasteiger partial charge in [0.05, 0.1) is 11.1 Å². The Morgan fingerprint density at radius 3 is 2.83 bits per heavy atom. The number of aryl methyl sites for hydroxylation is 2. The molecule has 0 aliphatic carbocycles. The van der Waals surface area contributed by atoms with Gasteiger partial charge in [-0.15, -0.1) is 0 Å². The summed E-state index contributed by atoms with van der Waals surface area (Å²) >= 11 is 5.75. The summed E-state index contributed by atoms with van der Waals surface area (Å²) < 4.78 is 7.71. The van der Waals surface area contributed by atoms with Gasteiger partial charge in [0.2, 0.25) is 0 Å². The number of ether oxygens (including phenoxy) is 1. The van der Waals surface area contributed by atoms with Crippen LogP contribution in [0.25, 0.3) is 11.0 Å². The standard InChI is InChI=1S/C20H25ClN6O2/c1-3-29-12-16-26-17-18(13(2)10-25-19(17)22)27(16)9-5-4-8-23-20(28)14-6-7-15(21)24-11-14/h6-7,10-11H,3-5,8-9,12H2,1-2H3,(H2,22,25)(H,23,28). The molecule has 9 heteroatoms. The van der Waals surface area contributed by atoms with Gasteiger partial charge in [0.15, 0.2) is 5.82 Å². The van der Waals surface area contributed by atoms with E-state index in [0.29, 0.717) is 41.8 Å². The average Bonchev–Trinajstić information content (AvgIpc) is 3.09. The maximum atomic E-state index is 12.1. The second kappa shape index (κ2) is 9.67. The highest BCUT2D eigenvalue weighted by Gasteiger charge is 2.15. The second-order valence-electron chi connectivity index (χ2n) is 6.67. The van der Waals surface area contributed by atoms with Gasteiger partial charge < -0.3 is 20.4 Å². The van der Waals surface area contributed by atoms with Crippen molar-refractivity contribution in [1.82, 2.24) is 24.8 Å². The molecular formula is C20H25ClN6O2. The zero-order chi connectivity index (χ0) is 20.8. The van der Waals surface area contributed by atoms with Gasteiger partial charge in [-0.1, -0.05) is 11.6 Å². The zero-order valence-electron chi connectivity index (χ0n) is 16.6. The van der Waals surface area contributed by atoms with Gasteiger partial charge in [0, 0.05) is 32.1 Å². The van der Waals surface area contributed by atoms with Crippen molar-refractivity contribution in [2.75, 3.05) is 18.9 Å². The summed E-state index contributed by atoms with van der Waals surface area (Å²) in [7, 11) is 0. The maximum Gasteiger partial charge on any atom is 0.252 e. The predicted molar refractivity (Wildman–Crippen MR) is 113 cm³/mol. The maximum absolute atomic E-state index is 12.1. The molecule has 3 aromatic heterocycles. The molecule has 0 saturated heterocycles. The number of pyridine rings is 2. The average molecular weight is 417 g/mol.